The van der Waals surface area contributed by atoms with Crippen LogP contribution in [0.3, 0.4) is 0 Å². The average molecular weight is 634 g/mol. The number of carbonyl (C=O) groups excluding carboxylic acids is 3. The van der Waals surface area contributed by atoms with Gasteiger partial charge in [-0.05, 0) is 69.0 Å². The molecule has 0 bridgehead atoms. The van der Waals surface area contributed by atoms with Gasteiger partial charge in [0.25, 0.3) is 5.91 Å². The number of nitrogens with zero attached hydrogens (tertiary/aromatic N) is 3. The molecule has 4 heterocycles. The van der Waals surface area contributed by atoms with Crippen molar-refractivity contribution in [3.05, 3.63) is 77.4 Å². The third kappa shape index (κ3) is 4.96. The molecule has 1 unspecified atom stereocenters. The largest absolute Gasteiger partial charge is 0.494 e. The van der Waals surface area contributed by atoms with E-state index in [-0.39, 0.29) is 37.4 Å². The van der Waals surface area contributed by atoms with E-state index < -0.39 is 29.1 Å². The Morgan fingerprint density at radius 1 is 0.933 bits per heavy atom. The van der Waals surface area contributed by atoms with E-state index in [9.17, 15) is 19.5 Å². The molecular weight excluding hydrogens is 594 g/mol. The summed E-state index contributed by atoms with van der Waals surface area (Å²) in [6, 6.07) is 11.8. The molecule has 0 aromatic heterocycles. The minimum absolute atomic E-state index is 0.0293. The van der Waals surface area contributed by atoms with Crippen LogP contribution in [0.25, 0.3) is 0 Å². The van der Waals surface area contributed by atoms with Crippen LogP contribution in [0.1, 0.15) is 38.7 Å². The monoisotopic (exact) mass is 633 g/mol. The zero-order valence-corrected chi connectivity index (χ0v) is 26.7. The molecule has 0 radical (unpaired) electrons. The fraction of sp³-hybridized carbons (Fsp3) is 0.457. The number of carbonyl (C=O) groups is 3. The lowest BCUT2D eigenvalue weighted by atomic mass is 9.73. The van der Waals surface area contributed by atoms with E-state index >= 15 is 0 Å². The number of para-hydroxylation sites is 1. The Morgan fingerprint density at radius 3 is 2.36 bits per heavy atom. The molecule has 4 aliphatic rings. The molecule has 0 saturated carbocycles. The molecule has 9 nitrogen and oxygen atoms in total. The lowest BCUT2D eigenvalue weighted by molar-refractivity contribution is -0.145. The Morgan fingerprint density at radius 2 is 1.67 bits per heavy atom. The number of benzene rings is 2. The molecule has 1 N–H and O–H groups in total. The molecule has 0 aliphatic carbocycles. The van der Waals surface area contributed by atoms with Crippen LogP contribution in [-0.4, -0.2) is 77.8 Å². The van der Waals surface area contributed by atoms with Crippen molar-refractivity contribution in [2.75, 3.05) is 42.6 Å². The first-order chi connectivity index (χ1) is 21.7. The molecule has 2 fully saturated rings. The van der Waals surface area contributed by atoms with Crippen LogP contribution < -0.4 is 14.5 Å². The molecule has 45 heavy (non-hydrogen) atoms. The Hall–Kier alpha value is -3.66. The van der Waals surface area contributed by atoms with E-state index in [4.69, 9.17) is 21.1 Å². The number of aliphatic hydroxyl groups excluding tert-OH is 1. The van der Waals surface area contributed by atoms with Crippen LogP contribution in [-0.2, 0) is 19.1 Å². The van der Waals surface area contributed by atoms with Crippen LogP contribution in [0.15, 0.2) is 66.8 Å². The number of unbranched alkanes of at least 4 members (excludes halogenated alkanes) is 1. The second kappa shape index (κ2) is 12.3. The lowest BCUT2D eigenvalue weighted by Gasteiger charge is -2.38. The number of anilines is 2. The van der Waals surface area contributed by atoms with Gasteiger partial charge in [0.2, 0.25) is 11.8 Å². The SMILES string of the molecule is CCOc1ccc(N2CC=C[C@]3(CC)O[C@]45C=CCN(c6c(C)cccc6Cl)C(=O)C4N(CCCCO)C(=O)[C@@H]5[C@@H]3C2=O)cc1. The van der Waals surface area contributed by atoms with Crippen LogP contribution in [0.2, 0.25) is 5.02 Å². The molecule has 5 atom stereocenters. The predicted octanol–water partition coefficient (Wildman–Crippen LogP) is 4.69. The summed E-state index contributed by atoms with van der Waals surface area (Å²) in [6.45, 7) is 7.08. The van der Waals surface area contributed by atoms with Gasteiger partial charge in [-0.25, -0.2) is 0 Å². The van der Waals surface area contributed by atoms with Gasteiger partial charge < -0.3 is 29.3 Å². The van der Waals surface area contributed by atoms with E-state index in [2.05, 4.69) is 0 Å². The number of hydrogen-bond donors (Lipinski definition) is 1. The minimum atomic E-state index is -1.38. The number of halogens is 1. The molecule has 6 rings (SSSR count). The molecule has 3 amide bonds. The van der Waals surface area contributed by atoms with E-state index in [0.29, 0.717) is 54.6 Å². The van der Waals surface area contributed by atoms with Gasteiger partial charge in [-0.1, -0.05) is 55.0 Å². The van der Waals surface area contributed by atoms with Gasteiger partial charge in [0, 0.05) is 31.9 Å². The second-order valence-corrected chi connectivity index (χ2v) is 12.5. The summed E-state index contributed by atoms with van der Waals surface area (Å²) < 4.78 is 12.7. The van der Waals surface area contributed by atoms with Crippen molar-refractivity contribution in [3.8, 4) is 5.75 Å². The highest BCUT2D eigenvalue weighted by atomic mass is 35.5. The van der Waals surface area contributed by atoms with E-state index in [1.54, 1.807) is 20.8 Å². The fourth-order valence-electron chi connectivity index (χ4n) is 7.68. The third-order valence-corrected chi connectivity index (χ3v) is 9.97. The molecular formula is C35H40ClN3O6. The van der Waals surface area contributed by atoms with Crippen LogP contribution in [0, 0.1) is 18.8 Å². The predicted molar refractivity (Wildman–Crippen MR) is 172 cm³/mol. The average Bonchev–Trinajstić information content (AvgIpc) is 3.31. The number of aryl methyl sites for hydroxylation is 1. The van der Waals surface area contributed by atoms with Gasteiger partial charge in [-0.2, -0.15) is 0 Å². The molecule has 4 aliphatic heterocycles. The van der Waals surface area contributed by atoms with Crippen LogP contribution in [0.5, 0.6) is 5.75 Å². The first kappa shape index (κ1) is 31.3. The van der Waals surface area contributed by atoms with E-state index in [1.807, 2.05) is 81.5 Å². The normalized spacial score (nSPS) is 29.0. The summed E-state index contributed by atoms with van der Waals surface area (Å²) in [5.41, 5.74) is -0.352. The highest BCUT2D eigenvalue weighted by molar-refractivity contribution is 6.34. The summed E-state index contributed by atoms with van der Waals surface area (Å²) in [4.78, 5) is 49.0. The number of rotatable bonds is 9. The molecule has 1 spiro atoms. The molecule has 10 heteroatoms. The maximum Gasteiger partial charge on any atom is 0.253 e. The van der Waals surface area contributed by atoms with Crippen molar-refractivity contribution in [2.45, 2.75) is 57.3 Å². The quantitative estimate of drug-likeness (QED) is 0.318. The van der Waals surface area contributed by atoms with Crippen molar-refractivity contribution in [2.24, 2.45) is 11.8 Å². The van der Waals surface area contributed by atoms with Gasteiger partial charge >= 0.3 is 0 Å². The van der Waals surface area contributed by atoms with E-state index in [0.717, 1.165) is 5.56 Å². The Bertz CT molecular complexity index is 1520. The van der Waals surface area contributed by atoms with Gasteiger partial charge in [0.15, 0.2) is 0 Å². The Balaban J connectivity index is 1.46. The van der Waals surface area contributed by atoms with Crippen LogP contribution in [0.4, 0.5) is 11.4 Å². The van der Waals surface area contributed by atoms with Crippen molar-refractivity contribution in [1.82, 2.24) is 4.90 Å². The van der Waals surface area contributed by atoms with Crippen molar-refractivity contribution in [3.63, 3.8) is 0 Å². The minimum Gasteiger partial charge on any atom is -0.494 e. The van der Waals surface area contributed by atoms with Crippen molar-refractivity contribution in [1.29, 1.82) is 0 Å². The Kier molecular flexibility index (Phi) is 8.54. The maximum absolute atomic E-state index is 14.8. The summed E-state index contributed by atoms with van der Waals surface area (Å²) in [7, 11) is 0. The number of fused-ring (bicyclic) bond motifs is 2. The number of hydrogen-bond acceptors (Lipinski definition) is 6. The zero-order valence-electron chi connectivity index (χ0n) is 25.9. The van der Waals surface area contributed by atoms with Crippen molar-refractivity contribution < 1.29 is 29.0 Å². The third-order valence-electron chi connectivity index (χ3n) is 9.66. The van der Waals surface area contributed by atoms with Crippen molar-refractivity contribution >= 4 is 40.7 Å². The first-order valence-corrected chi connectivity index (χ1v) is 16.2. The summed E-state index contributed by atoms with van der Waals surface area (Å²) >= 11 is 6.66. The number of amides is 3. The number of aliphatic hydroxyl groups is 1. The Labute approximate surface area is 269 Å². The summed E-state index contributed by atoms with van der Waals surface area (Å²) in [5, 5.41) is 9.96. The standard InChI is InChI=1S/C35H40ClN3O6/c1-4-34-17-9-20-37(24-13-15-25(16-14-24)44-5-2)31(41)27(34)28-32(42)39(19-6-7-22-40)30-33(43)38(21-10-18-35(28,30)45-34)29-23(3)11-8-12-26(29)36/h8-18,27-28,30,40H,4-7,19-22H2,1-3H3/t27-,28+,30?,34+,35+/m1/s1. The zero-order chi connectivity index (χ0) is 31.9. The highest BCUT2D eigenvalue weighted by Gasteiger charge is 2.75. The number of ether oxygens (including phenoxy) is 2. The smallest absolute Gasteiger partial charge is 0.253 e. The van der Waals surface area contributed by atoms with Gasteiger partial charge in [-0.3, -0.25) is 14.4 Å². The molecule has 2 saturated heterocycles. The topological polar surface area (TPSA) is 99.6 Å². The first-order valence-electron chi connectivity index (χ1n) is 15.8. The number of likely N-dealkylation sites (tertiary alicyclic amines) is 1. The van der Waals surface area contributed by atoms with E-state index in [1.165, 1.54) is 0 Å². The van der Waals surface area contributed by atoms with Crippen LogP contribution >= 0.6 is 11.6 Å². The van der Waals surface area contributed by atoms with Gasteiger partial charge in [-0.15, -0.1) is 0 Å². The maximum atomic E-state index is 14.8. The molecule has 2 aromatic rings. The second-order valence-electron chi connectivity index (χ2n) is 12.1. The summed E-state index contributed by atoms with van der Waals surface area (Å²) in [6.07, 6.45) is 8.98. The lowest BCUT2D eigenvalue weighted by Crippen LogP contribution is -2.56. The van der Waals surface area contributed by atoms with Gasteiger partial charge in [0.1, 0.15) is 17.4 Å². The fourth-order valence-corrected chi connectivity index (χ4v) is 8.00. The highest BCUT2D eigenvalue weighted by Crippen LogP contribution is 2.59. The molecule has 238 valence electrons. The summed E-state index contributed by atoms with van der Waals surface area (Å²) in [5.74, 6) is -1.90. The van der Waals surface area contributed by atoms with Gasteiger partial charge in [0.05, 0.1) is 34.8 Å². The molecule has 2 aromatic carbocycles.